The van der Waals surface area contributed by atoms with Crippen molar-refractivity contribution in [2.24, 2.45) is 0 Å². The van der Waals surface area contributed by atoms with Gasteiger partial charge in [-0.1, -0.05) is 0 Å². The van der Waals surface area contributed by atoms with Gasteiger partial charge < -0.3 is 9.84 Å². The van der Waals surface area contributed by atoms with Crippen molar-refractivity contribution in [1.29, 1.82) is 0 Å². The summed E-state index contributed by atoms with van der Waals surface area (Å²) < 4.78 is 51.6. The number of carboxylic acid groups (broad SMARTS) is 1. The molecule has 0 bridgehead atoms. The summed E-state index contributed by atoms with van der Waals surface area (Å²) >= 11 is 0. The van der Waals surface area contributed by atoms with Crippen LogP contribution in [0.25, 0.3) is 0 Å². The number of nitro groups is 1. The summed E-state index contributed by atoms with van der Waals surface area (Å²) in [7, 11) is 0. The zero-order valence-electron chi connectivity index (χ0n) is 8.06. The Labute approximate surface area is 94.8 Å². The molecule has 0 amide bonds. The van der Waals surface area contributed by atoms with E-state index in [0.29, 0.717) is 0 Å². The predicted molar refractivity (Wildman–Crippen MR) is 44.5 cm³/mol. The molecule has 0 atom stereocenters. The third-order valence-electron chi connectivity index (χ3n) is 1.55. The van der Waals surface area contributed by atoms with Crippen LogP contribution >= 0.6 is 0 Å². The predicted octanol–water partition coefficient (Wildman–Crippen LogP) is 1.73. The summed E-state index contributed by atoms with van der Waals surface area (Å²) in [5.74, 6) is -5.42. The zero-order chi connectivity index (χ0) is 14.1. The first-order valence-electron chi connectivity index (χ1n) is 3.96. The van der Waals surface area contributed by atoms with Crippen LogP contribution in [0.1, 0.15) is 10.4 Å². The number of rotatable bonds is 3. The van der Waals surface area contributed by atoms with Gasteiger partial charge in [0.05, 0.1) is 4.92 Å². The van der Waals surface area contributed by atoms with E-state index in [1.807, 2.05) is 0 Å². The van der Waals surface area contributed by atoms with Crippen LogP contribution in [-0.4, -0.2) is 27.3 Å². The van der Waals surface area contributed by atoms with Gasteiger partial charge in [0.15, 0.2) is 0 Å². The van der Waals surface area contributed by atoms with Crippen molar-refractivity contribution in [3.05, 3.63) is 27.7 Å². The molecule has 98 valence electrons. The van der Waals surface area contributed by atoms with Crippen molar-refractivity contribution < 1.29 is 37.1 Å². The van der Waals surface area contributed by atoms with Crippen LogP contribution in [-0.2, 0) is 0 Å². The first-order valence-corrected chi connectivity index (χ1v) is 3.96. The Hall–Kier alpha value is -2.46. The summed E-state index contributed by atoms with van der Waals surface area (Å²) in [5.41, 5.74) is -2.88. The van der Waals surface area contributed by atoms with Gasteiger partial charge in [0.1, 0.15) is 5.56 Å². The second kappa shape index (κ2) is 4.43. The van der Waals surface area contributed by atoms with Gasteiger partial charge in [-0.3, -0.25) is 10.1 Å². The molecule has 1 rings (SSSR count). The Morgan fingerprint density at radius 1 is 1.50 bits per heavy atom. The van der Waals surface area contributed by atoms with Gasteiger partial charge >= 0.3 is 23.9 Å². The lowest BCUT2D eigenvalue weighted by Gasteiger charge is -2.09. The van der Waals surface area contributed by atoms with E-state index in [9.17, 15) is 32.5 Å². The summed E-state index contributed by atoms with van der Waals surface area (Å²) in [6.45, 7) is 0. The summed E-state index contributed by atoms with van der Waals surface area (Å²) in [6, 6.07) is 0.115. The Kier molecular flexibility index (Phi) is 3.35. The van der Waals surface area contributed by atoms with Gasteiger partial charge in [0, 0.05) is 6.07 Å². The Morgan fingerprint density at radius 2 is 2.06 bits per heavy atom. The minimum absolute atomic E-state index is 0.115. The van der Waals surface area contributed by atoms with E-state index in [1.165, 1.54) is 0 Å². The molecule has 0 aliphatic rings. The Bertz CT molecular complexity index is 515. The molecule has 0 unspecified atom stereocenters. The van der Waals surface area contributed by atoms with Gasteiger partial charge in [-0.15, -0.1) is 13.2 Å². The number of aromatic carboxylic acids is 1. The van der Waals surface area contributed by atoms with Gasteiger partial charge in [-0.2, -0.15) is 9.37 Å². The second-order valence-corrected chi connectivity index (χ2v) is 2.76. The Balaban J connectivity index is 3.49. The molecule has 7 nitrogen and oxygen atoms in total. The summed E-state index contributed by atoms with van der Waals surface area (Å²) in [4.78, 5) is 22.1. The standard InChI is InChI=1S/C7H2F4N2O5/c8-3-1-2(6(14)15)4(13(16)17)5(12-3)18-7(9,10)11/h1H,(H,14,15). The third kappa shape index (κ3) is 3.02. The molecule has 18 heavy (non-hydrogen) atoms. The molecule has 0 saturated heterocycles. The fourth-order valence-corrected chi connectivity index (χ4v) is 1.01. The first-order chi connectivity index (χ1) is 8.11. The number of pyridine rings is 1. The highest BCUT2D eigenvalue weighted by Crippen LogP contribution is 2.33. The molecule has 0 aliphatic carbocycles. The molecule has 0 radical (unpaired) electrons. The van der Waals surface area contributed by atoms with Crippen LogP contribution < -0.4 is 4.74 Å². The van der Waals surface area contributed by atoms with Crippen molar-refractivity contribution in [3.8, 4) is 5.88 Å². The number of alkyl halides is 3. The molecule has 0 fully saturated rings. The minimum Gasteiger partial charge on any atom is -0.477 e. The van der Waals surface area contributed by atoms with Crippen molar-refractivity contribution in [3.63, 3.8) is 0 Å². The van der Waals surface area contributed by atoms with E-state index in [2.05, 4.69) is 9.72 Å². The third-order valence-corrected chi connectivity index (χ3v) is 1.55. The largest absolute Gasteiger partial charge is 0.574 e. The van der Waals surface area contributed by atoms with Crippen LogP contribution in [0.5, 0.6) is 5.88 Å². The molecule has 0 aliphatic heterocycles. The summed E-state index contributed by atoms with van der Waals surface area (Å²) in [6.07, 6.45) is -5.37. The van der Waals surface area contributed by atoms with Crippen molar-refractivity contribution in [2.45, 2.75) is 6.36 Å². The van der Waals surface area contributed by atoms with E-state index in [-0.39, 0.29) is 6.07 Å². The zero-order valence-corrected chi connectivity index (χ0v) is 8.06. The number of nitrogens with zero attached hydrogens (tertiary/aromatic N) is 2. The quantitative estimate of drug-likeness (QED) is 0.388. The minimum atomic E-state index is -5.37. The lowest BCUT2D eigenvalue weighted by Crippen LogP contribution is -2.20. The lowest BCUT2D eigenvalue weighted by atomic mass is 10.2. The number of halogens is 4. The maximum atomic E-state index is 12.8. The van der Waals surface area contributed by atoms with Gasteiger partial charge in [0.25, 0.3) is 0 Å². The molecular weight excluding hydrogens is 268 g/mol. The molecular formula is C7H2F4N2O5. The van der Waals surface area contributed by atoms with Gasteiger partial charge in [-0.25, -0.2) is 4.79 Å². The second-order valence-electron chi connectivity index (χ2n) is 2.76. The normalized spacial score (nSPS) is 11.1. The van der Waals surface area contributed by atoms with E-state index >= 15 is 0 Å². The fraction of sp³-hybridized carbons (Fsp3) is 0.143. The van der Waals surface area contributed by atoms with Crippen LogP contribution in [0, 0.1) is 16.1 Å². The van der Waals surface area contributed by atoms with E-state index in [0.717, 1.165) is 0 Å². The lowest BCUT2D eigenvalue weighted by molar-refractivity contribution is -0.389. The smallest absolute Gasteiger partial charge is 0.477 e. The number of ether oxygens (including phenoxy) is 1. The number of hydrogen-bond acceptors (Lipinski definition) is 5. The van der Waals surface area contributed by atoms with Crippen LogP contribution in [0.15, 0.2) is 6.07 Å². The van der Waals surface area contributed by atoms with E-state index in [1.54, 1.807) is 0 Å². The van der Waals surface area contributed by atoms with E-state index < -0.39 is 40.3 Å². The molecule has 11 heteroatoms. The molecule has 0 spiro atoms. The van der Waals surface area contributed by atoms with Crippen LogP contribution in [0.3, 0.4) is 0 Å². The van der Waals surface area contributed by atoms with Crippen molar-refractivity contribution in [1.82, 2.24) is 4.98 Å². The topological polar surface area (TPSA) is 103 Å². The molecule has 1 N–H and O–H groups in total. The molecule has 0 aromatic carbocycles. The SMILES string of the molecule is O=C(O)c1cc(F)nc(OC(F)(F)F)c1[N+](=O)[O-]. The molecule has 0 saturated carbocycles. The number of aromatic nitrogens is 1. The molecule has 1 aromatic rings. The average molecular weight is 270 g/mol. The maximum Gasteiger partial charge on any atom is 0.574 e. The number of carboxylic acids is 1. The Morgan fingerprint density at radius 3 is 2.44 bits per heavy atom. The number of carbonyl (C=O) groups is 1. The highest BCUT2D eigenvalue weighted by atomic mass is 19.4. The average Bonchev–Trinajstić information content (AvgIpc) is 2.12. The first kappa shape index (κ1) is 13.6. The van der Waals surface area contributed by atoms with Crippen LogP contribution in [0.2, 0.25) is 0 Å². The van der Waals surface area contributed by atoms with Gasteiger partial charge in [0.2, 0.25) is 5.95 Å². The number of hydrogen-bond donors (Lipinski definition) is 1. The maximum absolute atomic E-state index is 12.8. The molecule has 1 heterocycles. The summed E-state index contributed by atoms with van der Waals surface area (Å²) in [5, 5.41) is 19.0. The van der Waals surface area contributed by atoms with Crippen molar-refractivity contribution in [2.75, 3.05) is 0 Å². The fourth-order valence-electron chi connectivity index (χ4n) is 1.01. The monoisotopic (exact) mass is 270 g/mol. The van der Waals surface area contributed by atoms with Gasteiger partial charge in [-0.05, 0) is 0 Å². The highest BCUT2D eigenvalue weighted by Gasteiger charge is 2.38. The van der Waals surface area contributed by atoms with Crippen molar-refractivity contribution >= 4 is 11.7 Å². The highest BCUT2D eigenvalue weighted by molar-refractivity contribution is 5.93. The molecule has 1 aromatic heterocycles. The van der Waals surface area contributed by atoms with E-state index in [4.69, 9.17) is 5.11 Å². The van der Waals surface area contributed by atoms with Crippen LogP contribution in [0.4, 0.5) is 23.2 Å².